The van der Waals surface area contributed by atoms with Gasteiger partial charge in [0.1, 0.15) is 22.9 Å². The summed E-state index contributed by atoms with van der Waals surface area (Å²) in [5, 5.41) is 14.3. The van der Waals surface area contributed by atoms with Gasteiger partial charge in [0.05, 0.1) is 39.6 Å². The molecular weight excluding hydrogens is 536 g/mol. The zero-order chi connectivity index (χ0) is 26.4. The fourth-order valence-electron chi connectivity index (χ4n) is 4.81. The number of aromatic nitrogens is 2. The van der Waals surface area contributed by atoms with Gasteiger partial charge in [-0.3, -0.25) is 0 Å². The zero-order valence-electron chi connectivity index (χ0n) is 20.3. The molecule has 4 aromatic rings. The number of halogens is 3. The van der Waals surface area contributed by atoms with E-state index in [9.17, 15) is 14.3 Å². The Hall–Kier alpha value is -3.08. The Morgan fingerprint density at radius 3 is 2.76 bits per heavy atom. The van der Waals surface area contributed by atoms with Gasteiger partial charge in [-0.05, 0) is 43.2 Å². The third-order valence-electron chi connectivity index (χ3n) is 7.13. The summed E-state index contributed by atoms with van der Waals surface area (Å²) in [7, 11) is 0. The monoisotopic (exact) mass is 559 g/mol. The minimum Gasteiger partial charge on any atom is -0.478 e. The van der Waals surface area contributed by atoms with Crippen LogP contribution in [0, 0.1) is 5.82 Å². The SMILES string of the molecule is O=C(O)c1ccc2nc(N3CCC(F)(COCc4c(-c5c(F)cccc5Cl)noc4C4CC4)CC3)sc2c1. The molecule has 2 aliphatic rings. The van der Waals surface area contributed by atoms with E-state index in [-0.39, 0.29) is 48.1 Å². The minimum atomic E-state index is -1.52. The highest BCUT2D eigenvalue weighted by atomic mass is 35.5. The van der Waals surface area contributed by atoms with Crippen LogP contribution in [0.2, 0.25) is 5.02 Å². The third-order valence-corrected chi connectivity index (χ3v) is 8.52. The minimum absolute atomic E-state index is 0.0501. The molecular formula is C27H24ClF2N3O4S. The van der Waals surface area contributed by atoms with E-state index in [1.165, 1.54) is 29.5 Å². The fraction of sp³-hybridized carbons (Fsp3) is 0.370. The molecule has 2 aromatic carbocycles. The van der Waals surface area contributed by atoms with E-state index in [0.717, 1.165) is 28.2 Å². The number of aromatic carboxylic acids is 1. The maximum atomic E-state index is 15.7. The second kappa shape index (κ2) is 9.91. The largest absolute Gasteiger partial charge is 0.478 e. The van der Waals surface area contributed by atoms with Crippen molar-refractivity contribution >= 4 is 44.3 Å². The number of piperidine rings is 1. The number of carboxylic acids is 1. The highest BCUT2D eigenvalue weighted by Crippen LogP contribution is 2.45. The van der Waals surface area contributed by atoms with Gasteiger partial charge in [0.15, 0.2) is 5.13 Å². The number of nitrogens with zero attached hydrogens (tertiary/aromatic N) is 3. The number of anilines is 1. The first-order chi connectivity index (χ1) is 18.3. The highest BCUT2D eigenvalue weighted by molar-refractivity contribution is 7.22. The Bertz CT molecular complexity index is 1490. The maximum Gasteiger partial charge on any atom is 0.335 e. The Morgan fingerprint density at radius 2 is 2.05 bits per heavy atom. The molecule has 1 aliphatic heterocycles. The first-order valence-corrected chi connectivity index (χ1v) is 13.6. The summed E-state index contributed by atoms with van der Waals surface area (Å²) in [6.45, 7) is 0.862. The van der Waals surface area contributed by atoms with Crippen molar-refractivity contribution in [1.29, 1.82) is 0 Å². The Labute approximate surface area is 226 Å². The molecule has 11 heteroatoms. The van der Waals surface area contributed by atoms with Crippen LogP contribution in [0.5, 0.6) is 0 Å². The van der Waals surface area contributed by atoms with Gasteiger partial charge in [-0.1, -0.05) is 34.2 Å². The van der Waals surface area contributed by atoms with Gasteiger partial charge in [0.2, 0.25) is 0 Å². The molecule has 0 atom stereocenters. The maximum absolute atomic E-state index is 15.7. The molecule has 1 saturated heterocycles. The van der Waals surface area contributed by atoms with E-state index in [2.05, 4.69) is 10.1 Å². The lowest BCUT2D eigenvalue weighted by molar-refractivity contribution is -0.00757. The molecule has 0 bridgehead atoms. The predicted octanol–water partition coefficient (Wildman–Crippen LogP) is 6.84. The number of carboxylic acid groups (broad SMARTS) is 1. The molecule has 1 N–H and O–H groups in total. The lowest BCUT2D eigenvalue weighted by atomic mass is 9.94. The Balaban J connectivity index is 1.12. The summed E-state index contributed by atoms with van der Waals surface area (Å²) in [5.41, 5.74) is 0.509. The van der Waals surface area contributed by atoms with Crippen LogP contribution in [0.4, 0.5) is 13.9 Å². The molecule has 38 heavy (non-hydrogen) atoms. The molecule has 3 heterocycles. The zero-order valence-corrected chi connectivity index (χ0v) is 21.8. The number of fused-ring (bicyclic) bond motifs is 1. The van der Waals surface area contributed by atoms with Crippen molar-refractivity contribution < 1.29 is 27.9 Å². The van der Waals surface area contributed by atoms with Gasteiger partial charge < -0.3 is 19.3 Å². The van der Waals surface area contributed by atoms with Crippen LogP contribution in [0.25, 0.3) is 21.5 Å². The number of carbonyl (C=O) groups is 1. The van der Waals surface area contributed by atoms with Crippen LogP contribution in [0.1, 0.15) is 53.3 Å². The third kappa shape index (κ3) is 4.88. The van der Waals surface area contributed by atoms with E-state index in [1.807, 2.05) is 4.90 Å². The lowest BCUT2D eigenvalue weighted by Gasteiger charge is -2.36. The van der Waals surface area contributed by atoms with Crippen LogP contribution in [0.3, 0.4) is 0 Å². The van der Waals surface area contributed by atoms with Crippen LogP contribution < -0.4 is 4.90 Å². The topological polar surface area (TPSA) is 88.7 Å². The van der Waals surface area contributed by atoms with Gasteiger partial charge in [-0.25, -0.2) is 18.6 Å². The quantitative estimate of drug-likeness (QED) is 0.253. The van der Waals surface area contributed by atoms with Crippen LogP contribution in [0.15, 0.2) is 40.9 Å². The van der Waals surface area contributed by atoms with Crippen LogP contribution >= 0.6 is 22.9 Å². The normalized spacial score (nSPS) is 17.3. The smallest absolute Gasteiger partial charge is 0.335 e. The molecule has 0 spiro atoms. The summed E-state index contributed by atoms with van der Waals surface area (Å²) in [6, 6.07) is 9.28. The fourth-order valence-corrected chi connectivity index (χ4v) is 6.12. The molecule has 1 saturated carbocycles. The first-order valence-electron chi connectivity index (χ1n) is 12.4. The Kier molecular flexibility index (Phi) is 6.57. The average Bonchev–Trinajstić information content (AvgIpc) is 3.51. The molecule has 198 valence electrons. The van der Waals surface area contributed by atoms with Gasteiger partial charge in [0.25, 0.3) is 0 Å². The number of benzene rings is 2. The Morgan fingerprint density at radius 1 is 1.26 bits per heavy atom. The van der Waals surface area contributed by atoms with Crippen molar-refractivity contribution in [1.82, 2.24) is 10.1 Å². The number of hydrogen-bond donors (Lipinski definition) is 1. The number of ether oxygens (including phenoxy) is 1. The van der Waals surface area contributed by atoms with Crippen molar-refractivity contribution in [3.63, 3.8) is 0 Å². The van der Waals surface area contributed by atoms with E-state index in [1.54, 1.807) is 18.2 Å². The van der Waals surface area contributed by atoms with Gasteiger partial charge in [0, 0.05) is 37.4 Å². The summed E-state index contributed by atoms with van der Waals surface area (Å²) in [4.78, 5) is 17.9. The van der Waals surface area contributed by atoms with Crippen LogP contribution in [-0.2, 0) is 11.3 Å². The van der Waals surface area contributed by atoms with Gasteiger partial charge >= 0.3 is 5.97 Å². The molecule has 7 nitrogen and oxygen atoms in total. The standard InChI is InChI=1S/C27H24ClF2N3O4S/c28-18-2-1-3-19(29)22(18)23-17(24(37-32-23)15-4-5-15)13-36-14-27(30)8-10-33(11-9-27)26-31-20-7-6-16(25(34)35)12-21(20)38-26/h1-3,6-7,12,15H,4-5,8-11,13-14H2,(H,34,35). The van der Waals surface area contributed by atoms with Crippen LogP contribution in [-0.4, -0.2) is 46.6 Å². The molecule has 0 unspecified atom stereocenters. The van der Waals surface area contributed by atoms with E-state index in [0.29, 0.717) is 30.1 Å². The van der Waals surface area contributed by atoms with Crippen molar-refractivity contribution in [3.05, 3.63) is 64.1 Å². The van der Waals surface area contributed by atoms with Gasteiger partial charge in [-0.15, -0.1) is 0 Å². The molecule has 0 radical (unpaired) electrons. The molecule has 2 aromatic heterocycles. The predicted molar refractivity (Wildman–Crippen MR) is 140 cm³/mol. The van der Waals surface area contributed by atoms with E-state index < -0.39 is 17.5 Å². The number of hydrogen-bond acceptors (Lipinski definition) is 7. The molecule has 1 aliphatic carbocycles. The van der Waals surface area contributed by atoms with Crippen molar-refractivity contribution in [2.24, 2.45) is 0 Å². The summed E-state index contributed by atoms with van der Waals surface area (Å²) < 4.78 is 42.5. The lowest BCUT2D eigenvalue weighted by Crippen LogP contribution is -2.44. The first kappa shape index (κ1) is 25.2. The number of thiazole rings is 1. The highest BCUT2D eigenvalue weighted by Gasteiger charge is 2.37. The van der Waals surface area contributed by atoms with E-state index in [4.69, 9.17) is 20.9 Å². The average molecular weight is 560 g/mol. The molecule has 0 amide bonds. The number of alkyl halides is 1. The molecule has 2 fully saturated rings. The number of rotatable bonds is 8. The summed E-state index contributed by atoms with van der Waals surface area (Å²) in [6.07, 6.45) is 2.43. The second-order valence-corrected chi connectivity index (χ2v) is 11.3. The van der Waals surface area contributed by atoms with Crippen molar-refractivity contribution in [3.8, 4) is 11.3 Å². The van der Waals surface area contributed by atoms with Crippen molar-refractivity contribution in [2.45, 2.75) is 43.9 Å². The second-order valence-electron chi connectivity index (χ2n) is 9.86. The summed E-state index contributed by atoms with van der Waals surface area (Å²) in [5.74, 6) is -0.619. The molecule has 6 rings (SSSR count). The summed E-state index contributed by atoms with van der Waals surface area (Å²) >= 11 is 7.68. The van der Waals surface area contributed by atoms with Gasteiger partial charge in [-0.2, -0.15) is 0 Å². The van der Waals surface area contributed by atoms with E-state index >= 15 is 4.39 Å². The van der Waals surface area contributed by atoms with Crippen molar-refractivity contribution in [2.75, 3.05) is 24.6 Å².